The normalized spacial score (nSPS) is 18.2. The van der Waals surface area contributed by atoms with E-state index < -0.39 is 0 Å². The van der Waals surface area contributed by atoms with Crippen molar-refractivity contribution in [2.45, 2.75) is 45.6 Å². The van der Waals surface area contributed by atoms with Crippen LogP contribution in [0.15, 0.2) is 24.3 Å². The molecule has 0 aliphatic carbocycles. The molecule has 0 aromatic heterocycles. The number of carbonyl (C=O) groups excluding carboxylic acids is 1. The number of carbonyl (C=O) groups is 1. The van der Waals surface area contributed by atoms with Crippen LogP contribution in [-0.4, -0.2) is 23.5 Å². The minimum Gasteiger partial charge on any atom is -0.309 e. The second-order valence-electron chi connectivity index (χ2n) is 5.19. The van der Waals surface area contributed by atoms with Gasteiger partial charge in [-0.05, 0) is 43.6 Å². The molecule has 0 radical (unpaired) electrons. The Morgan fingerprint density at radius 3 is 3.00 bits per heavy atom. The summed E-state index contributed by atoms with van der Waals surface area (Å²) >= 11 is 1.77. The van der Waals surface area contributed by atoms with Crippen LogP contribution in [0.2, 0.25) is 0 Å². The molecule has 104 valence electrons. The van der Waals surface area contributed by atoms with Crippen LogP contribution < -0.4 is 4.90 Å². The minimum atomic E-state index is 0.265. The van der Waals surface area contributed by atoms with Crippen molar-refractivity contribution < 1.29 is 4.79 Å². The summed E-state index contributed by atoms with van der Waals surface area (Å²) < 4.78 is 0. The van der Waals surface area contributed by atoms with Crippen LogP contribution in [0.4, 0.5) is 5.69 Å². The quantitative estimate of drug-likeness (QED) is 0.761. The SMILES string of the molecule is CCCCSCC(=O)N1c2ccccc2CCC1C. The highest BCUT2D eigenvalue weighted by Gasteiger charge is 2.27. The number of fused-ring (bicyclic) bond motifs is 1. The van der Waals surface area contributed by atoms with Crippen molar-refractivity contribution in [2.75, 3.05) is 16.4 Å². The first-order valence-electron chi connectivity index (χ1n) is 7.21. The smallest absolute Gasteiger partial charge is 0.237 e. The van der Waals surface area contributed by atoms with Gasteiger partial charge >= 0.3 is 0 Å². The number of para-hydroxylation sites is 1. The van der Waals surface area contributed by atoms with Crippen LogP contribution in [0.25, 0.3) is 0 Å². The molecular weight excluding hydrogens is 254 g/mol. The Hall–Kier alpha value is -0.960. The predicted molar refractivity (Wildman–Crippen MR) is 83.9 cm³/mol. The summed E-state index contributed by atoms with van der Waals surface area (Å²) in [5.41, 5.74) is 2.44. The number of benzene rings is 1. The van der Waals surface area contributed by atoms with E-state index in [1.807, 2.05) is 11.0 Å². The van der Waals surface area contributed by atoms with Crippen LogP contribution in [0, 0.1) is 0 Å². The van der Waals surface area contributed by atoms with E-state index in [0.717, 1.165) is 24.3 Å². The minimum absolute atomic E-state index is 0.265. The molecule has 0 bridgehead atoms. The molecule has 0 fully saturated rings. The Balaban J connectivity index is 2.04. The number of anilines is 1. The summed E-state index contributed by atoms with van der Waals surface area (Å²) in [5.74, 6) is 1.96. The third-order valence-corrected chi connectivity index (χ3v) is 4.69. The monoisotopic (exact) mass is 277 g/mol. The van der Waals surface area contributed by atoms with Crippen molar-refractivity contribution in [1.29, 1.82) is 0 Å². The van der Waals surface area contributed by atoms with Gasteiger partial charge in [0.05, 0.1) is 5.75 Å². The van der Waals surface area contributed by atoms with Crippen molar-refractivity contribution in [1.82, 2.24) is 0 Å². The number of thioether (sulfide) groups is 1. The number of nitrogens with zero attached hydrogens (tertiary/aromatic N) is 1. The van der Waals surface area contributed by atoms with Gasteiger partial charge in [0.2, 0.25) is 5.91 Å². The molecular formula is C16H23NOS. The van der Waals surface area contributed by atoms with Gasteiger partial charge in [0, 0.05) is 11.7 Å². The van der Waals surface area contributed by atoms with Crippen LogP contribution >= 0.6 is 11.8 Å². The Morgan fingerprint density at radius 1 is 1.42 bits per heavy atom. The summed E-state index contributed by atoms with van der Waals surface area (Å²) in [6, 6.07) is 8.65. The number of hydrogen-bond acceptors (Lipinski definition) is 2. The maximum Gasteiger partial charge on any atom is 0.237 e. The van der Waals surface area contributed by atoms with E-state index in [2.05, 4.69) is 32.0 Å². The van der Waals surface area contributed by atoms with E-state index in [1.165, 1.54) is 18.4 Å². The number of rotatable bonds is 5. The first-order valence-corrected chi connectivity index (χ1v) is 8.37. The van der Waals surface area contributed by atoms with Gasteiger partial charge in [-0.3, -0.25) is 4.79 Å². The average Bonchev–Trinajstić information content (AvgIpc) is 2.43. The van der Waals surface area contributed by atoms with Crippen molar-refractivity contribution >= 4 is 23.4 Å². The third kappa shape index (κ3) is 3.53. The average molecular weight is 277 g/mol. The van der Waals surface area contributed by atoms with Gasteiger partial charge < -0.3 is 4.90 Å². The van der Waals surface area contributed by atoms with Crippen LogP contribution in [0.1, 0.15) is 38.7 Å². The molecule has 1 aliphatic heterocycles. The zero-order valence-corrected chi connectivity index (χ0v) is 12.7. The van der Waals surface area contributed by atoms with Gasteiger partial charge in [-0.2, -0.15) is 11.8 Å². The van der Waals surface area contributed by atoms with Crippen LogP contribution in [0.5, 0.6) is 0 Å². The molecule has 3 heteroatoms. The topological polar surface area (TPSA) is 20.3 Å². The predicted octanol–water partition coefficient (Wildman–Crippen LogP) is 3.89. The lowest BCUT2D eigenvalue weighted by molar-refractivity contribution is -0.116. The highest BCUT2D eigenvalue weighted by molar-refractivity contribution is 7.99. The number of aryl methyl sites for hydroxylation is 1. The molecule has 1 atom stereocenters. The summed E-state index contributed by atoms with van der Waals surface area (Å²) in [7, 11) is 0. The maximum atomic E-state index is 12.4. The summed E-state index contributed by atoms with van der Waals surface area (Å²) in [6.45, 7) is 4.34. The van der Waals surface area contributed by atoms with E-state index in [-0.39, 0.29) is 5.91 Å². The van der Waals surface area contributed by atoms with Crippen molar-refractivity contribution in [3.63, 3.8) is 0 Å². The lowest BCUT2D eigenvalue weighted by Crippen LogP contribution is -2.43. The van der Waals surface area contributed by atoms with E-state index in [9.17, 15) is 4.79 Å². The highest BCUT2D eigenvalue weighted by atomic mass is 32.2. The molecule has 19 heavy (non-hydrogen) atoms. The fourth-order valence-corrected chi connectivity index (χ4v) is 3.49. The number of unbranched alkanes of at least 4 members (excludes halogenated alkanes) is 1. The van der Waals surface area contributed by atoms with Crippen molar-refractivity contribution in [2.24, 2.45) is 0 Å². The lowest BCUT2D eigenvalue weighted by atomic mass is 9.97. The van der Waals surface area contributed by atoms with Crippen LogP contribution in [-0.2, 0) is 11.2 Å². The molecule has 2 rings (SSSR count). The van der Waals surface area contributed by atoms with E-state index in [0.29, 0.717) is 11.8 Å². The van der Waals surface area contributed by atoms with Gasteiger partial charge in [0.25, 0.3) is 0 Å². The molecule has 1 aromatic rings. The van der Waals surface area contributed by atoms with Gasteiger partial charge in [-0.1, -0.05) is 31.5 Å². The lowest BCUT2D eigenvalue weighted by Gasteiger charge is -2.35. The molecule has 1 amide bonds. The fourth-order valence-electron chi connectivity index (χ4n) is 2.54. The van der Waals surface area contributed by atoms with E-state index in [4.69, 9.17) is 0 Å². The molecule has 0 spiro atoms. The fraction of sp³-hybridized carbons (Fsp3) is 0.562. The first kappa shape index (κ1) is 14.4. The van der Waals surface area contributed by atoms with Gasteiger partial charge in [-0.15, -0.1) is 0 Å². The first-order chi connectivity index (χ1) is 9.24. The summed E-state index contributed by atoms with van der Waals surface area (Å²) in [6.07, 6.45) is 4.56. The Bertz CT molecular complexity index is 433. The number of hydrogen-bond donors (Lipinski definition) is 0. The van der Waals surface area contributed by atoms with Crippen LogP contribution in [0.3, 0.4) is 0 Å². The zero-order chi connectivity index (χ0) is 13.7. The third-order valence-electron chi connectivity index (χ3n) is 3.66. The highest BCUT2D eigenvalue weighted by Crippen LogP contribution is 2.30. The zero-order valence-electron chi connectivity index (χ0n) is 11.9. The second-order valence-corrected chi connectivity index (χ2v) is 6.29. The van der Waals surface area contributed by atoms with E-state index >= 15 is 0 Å². The summed E-state index contributed by atoms with van der Waals surface area (Å²) in [5, 5.41) is 0. The standard InChI is InChI=1S/C16H23NOS/c1-3-4-11-19-12-16(18)17-13(2)9-10-14-7-5-6-8-15(14)17/h5-8,13H,3-4,9-12H2,1-2H3. The number of amides is 1. The van der Waals surface area contributed by atoms with Gasteiger partial charge in [-0.25, -0.2) is 0 Å². The molecule has 2 nitrogen and oxygen atoms in total. The van der Waals surface area contributed by atoms with E-state index in [1.54, 1.807) is 11.8 Å². The second kappa shape index (κ2) is 6.99. The Morgan fingerprint density at radius 2 is 2.21 bits per heavy atom. The van der Waals surface area contributed by atoms with Crippen molar-refractivity contribution in [3.05, 3.63) is 29.8 Å². The Labute approximate surface area is 120 Å². The molecule has 1 unspecified atom stereocenters. The molecule has 1 heterocycles. The molecule has 0 N–H and O–H groups in total. The molecule has 0 saturated heterocycles. The maximum absolute atomic E-state index is 12.4. The van der Waals surface area contributed by atoms with Gasteiger partial charge in [0.15, 0.2) is 0 Å². The van der Waals surface area contributed by atoms with Gasteiger partial charge in [0.1, 0.15) is 0 Å². The largest absolute Gasteiger partial charge is 0.309 e. The van der Waals surface area contributed by atoms with Crippen molar-refractivity contribution in [3.8, 4) is 0 Å². The molecule has 0 saturated carbocycles. The molecule has 1 aromatic carbocycles. The summed E-state index contributed by atoms with van der Waals surface area (Å²) in [4.78, 5) is 14.5. The molecule has 1 aliphatic rings. The Kier molecular flexibility index (Phi) is 5.32.